The van der Waals surface area contributed by atoms with Crippen LogP contribution in [0.25, 0.3) is 0 Å². The predicted molar refractivity (Wildman–Crippen MR) is 50.5 cm³/mol. The maximum Gasteiger partial charge on any atom is 0.258 e. The summed E-state index contributed by atoms with van der Waals surface area (Å²) in [6, 6.07) is 7.24. The molecule has 0 saturated carbocycles. The van der Waals surface area contributed by atoms with Crippen molar-refractivity contribution < 1.29 is 13.9 Å². The molecular formula is C10H9FN2O2. The van der Waals surface area contributed by atoms with Gasteiger partial charge in [-0.15, -0.1) is 0 Å². The summed E-state index contributed by atoms with van der Waals surface area (Å²) in [4.78, 5) is 11.0. The third-order valence-electron chi connectivity index (χ3n) is 1.53. The van der Waals surface area contributed by atoms with Gasteiger partial charge in [0.15, 0.2) is 6.61 Å². The Labute approximate surface area is 86.3 Å². The van der Waals surface area contributed by atoms with Crippen LogP contribution in [-0.2, 0) is 4.79 Å². The molecule has 15 heavy (non-hydrogen) atoms. The van der Waals surface area contributed by atoms with Crippen molar-refractivity contribution in [3.8, 4) is 11.8 Å². The molecule has 0 aliphatic carbocycles. The van der Waals surface area contributed by atoms with Crippen molar-refractivity contribution in [1.29, 1.82) is 5.26 Å². The van der Waals surface area contributed by atoms with Crippen LogP contribution in [0.4, 0.5) is 4.39 Å². The number of carbonyl (C=O) groups is 1. The number of rotatable bonds is 4. The molecule has 0 aromatic heterocycles. The number of amides is 1. The van der Waals surface area contributed by atoms with Crippen LogP contribution in [0.5, 0.6) is 5.75 Å². The molecule has 0 fully saturated rings. The van der Waals surface area contributed by atoms with Gasteiger partial charge in [0.2, 0.25) is 0 Å². The van der Waals surface area contributed by atoms with Gasteiger partial charge in [0, 0.05) is 6.07 Å². The molecule has 1 aromatic rings. The molecule has 1 amide bonds. The molecule has 1 aromatic carbocycles. The molecule has 0 spiro atoms. The third-order valence-corrected chi connectivity index (χ3v) is 1.53. The van der Waals surface area contributed by atoms with Crippen molar-refractivity contribution in [2.75, 3.05) is 13.2 Å². The van der Waals surface area contributed by atoms with Crippen LogP contribution in [0.15, 0.2) is 24.3 Å². The van der Waals surface area contributed by atoms with Crippen molar-refractivity contribution in [2.45, 2.75) is 0 Å². The van der Waals surface area contributed by atoms with E-state index in [9.17, 15) is 9.18 Å². The quantitative estimate of drug-likeness (QED) is 0.746. The van der Waals surface area contributed by atoms with Gasteiger partial charge in [0.05, 0.1) is 6.07 Å². The standard InChI is InChI=1S/C10H9FN2O2/c11-8-2-1-3-9(6-8)15-7-10(14)13-5-4-12/h1-3,6H,5,7H2,(H,13,14). The molecule has 0 atom stereocenters. The fraction of sp³-hybridized carbons (Fsp3) is 0.200. The van der Waals surface area contributed by atoms with Gasteiger partial charge in [-0.1, -0.05) is 6.07 Å². The van der Waals surface area contributed by atoms with Gasteiger partial charge in [-0.2, -0.15) is 5.26 Å². The summed E-state index contributed by atoms with van der Waals surface area (Å²) >= 11 is 0. The number of nitrogens with zero attached hydrogens (tertiary/aromatic N) is 1. The van der Waals surface area contributed by atoms with E-state index in [4.69, 9.17) is 10.00 Å². The first-order valence-corrected chi connectivity index (χ1v) is 4.24. The number of benzene rings is 1. The lowest BCUT2D eigenvalue weighted by atomic mass is 10.3. The minimum Gasteiger partial charge on any atom is -0.484 e. The lowest BCUT2D eigenvalue weighted by Gasteiger charge is -2.04. The number of nitrogens with one attached hydrogen (secondary N) is 1. The lowest BCUT2D eigenvalue weighted by molar-refractivity contribution is -0.122. The van der Waals surface area contributed by atoms with Gasteiger partial charge in [-0.3, -0.25) is 4.79 Å². The van der Waals surface area contributed by atoms with E-state index in [1.54, 1.807) is 12.1 Å². The SMILES string of the molecule is N#CCNC(=O)COc1cccc(F)c1. The number of nitriles is 1. The molecule has 0 aliphatic rings. The maximum atomic E-state index is 12.7. The Balaban J connectivity index is 2.37. The number of carbonyl (C=O) groups excluding carboxylic acids is 1. The minimum atomic E-state index is -0.426. The van der Waals surface area contributed by atoms with Gasteiger partial charge in [0.1, 0.15) is 18.1 Å². The van der Waals surface area contributed by atoms with Crippen LogP contribution in [-0.4, -0.2) is 19.1 Å². The highest BCUT2D eigenvalue weighted by Gasteiger charge is 2.01. The van der Waals surface area contributed by atoms with E-state index in [2.05, 4.69) is 5.32 Å². The van der Waals surface area contributed by atoms with E-state index in [1.165, 1.54) is 18.2 Å². The zero-order chi connectivity index (χ0) is 11.1. The molecular weight excluding hydrogens is 199 g/mol. The Morgan fingerprint density at radius 2 is 2.40 bits per heavy atom. The fourth-order valence-corrected chi connectivity index (χ4v) is 0.895. The summed E-state index contributed by atoms with van der Waals surface area (Å²) < 4.78 is 17.7. The highest BCUT2D eigenvalue weighted by molar-refractivity contribution is 5.77. The summed E-state index contributed by atoms with van der Waals surface area (Å²) in [5.74, 6) is -0.562. The summed E-state index contributed by atoms with van der Waals surface area (Å²) in [6.45, 7) is -0.295. The number of hydrogen-bond donors (Lipinski definition) is 1. The van der Waals surface area contributed by atoms with Crippen molar-refractivity contribution in [3.63, 3.8) is 0 Å². The summed E-state index contributed by atoms with van der Waals surface area (Å²) in [7, 11) is 0. The molecule has 5 heteroatoms. The first-order chi connectivity index (χ1) is 7.22. The maximum absolute atomic E-state index is 12.7. The number of ether oxygens (including phenoxy) is 1. The second kappa shape index (κ2) is 5.60. The Morgan fingerprint density at radius 3 is 3.07 bits per heavy atom. The van der Waals surface area contributed by atoms with Crippen LogP contribution in [0, 0.1) is 17.1 Å². The second-order valence-corrected chi connectivity index (χ2v) is 2.68. The van der Waals surface area contributed by atoms with E-state index in [0.29, 0.717) is 0 Å². The summed E-state index contributed by atoms with van der Waals surface area (Å²) in [6.07, 6.45) is 0. The van der Waals surface area contributed by atoms with Crippen LogP contribution in [0.2, 0.25) is 0 Å². The Hall–Kier alpha value is -2.09. The minimum absolute atomic E-state index is 0.0641. The van der Waals surface area contributed by atoms with Crippen LogP contribution in [0.3, 0.4) is 0 Å². The van der Waals surface area contributed by atoms with E-state index in [0.717, 1.165) is 0 Å². The molecule has 78 valence electrons. The third kappa shape index (κ3) is 4.09. The molecule has 0 saturated heterocycles. The highest BCUT2D eigenvalue weighted by Crippen LogP contribution is 2.11. The van der Waals surface area contributed by atoms with Gasteiger partial charge in [0.25, 0.3) is 5.91 Å². The van der Waals surface area contributed by atoms with E-state index < -0.39 is 11.7 Å². The van der Waals surface area contributed by atoms with Crippen molar-refractivity contribution in [3.05, 3.63) is 30.1 Å². The molecule has 0 bridgehead atoms. The Morgan fingerprint density at radius 1 is 1.60 bits per heavy atom. The predicted octanol–water partition coefficient (Wildman–Crippen LogP) is 0.844. The van der Waals surface area contributed by atoms with E-state index in [-0.39, 0.29) is 18.9 Å². The van der Waals surface area contributed by atoms with Crippen LogP contribution < -0.4 is 10.1 Å². The first-order valence-electron chi connectivity index (χ1n) is 4.24. The zero-order valence-corrected chi connectivity index (χ0v) is 7.87. The molecule has 0 heterocycles. The van der Waals surface area contributed by atoms with Gasteiger partial charge in [-0.05, 0) is 12.1 Å². The lowest BCUT2D eigenvalue weighted by Crippen LogP contribution is -2.29. The average Bonchev–Trinajstić information content (AvgIpc) is 2.23. The normalized spacial score (nSPS) is 9.07. The number of halogens is 1. The van der Waals surface area contributed by atoms with Crippen molar-refractivity contribution >= 4 is 5.91 Å². The molecule has 0 unspecified atom stereocenters. The van der Waals surface area contributed by atoms with Crippen molar-refractivity contribution in [2.24, 2.45) is 0 Å². The summed E-state index contributed by atoms with van der Waals surface area (Å²) in [5.41, 5.74) is 0. The zero-order valence-electron chi connectivity index (χ0n) is 7.87. The van der Waals surface area contributed by atoms with Gasteiger partial charge in [-0.25, -0.2) is 4.39 Å². The first kappa shape index (κ1) is 11.0. The smallest absolute Gasteiger partial charge is 0.258 e. The monoisotopic (exact) mass is 208 g/mol. The Bertz CT molecular complexity index is 387. The van der Waals surface area contributed by atoms with E-state index >= 15 is 0 Å². The molecule has 0 radical (unpaired) electrons. The fourth-order valence-electron chi connectivity index (χ4n) is 0.895. The van der Waals surface area contributed by atoms with Gasteiger partial charge < -0.3 is 10.1 Å². The molecule has 0 aliphatic heterocycles. The molecule has 1 N–H and O–H groups in total. The summed E-state index contributed by atoms with van der Waals surface area (Å²) in [5, 5.41) is 10.5. The van der Waals surface area contributed by atoms with Crippen LogP contribution >= 0.6 is 0 Å². The topological polar surface area (TPSA) is 62.1 Å². The van der Waals surface area contributed by atoms with Crippen LogP contribution in [0.1, 0.15) is 0 Å². The molecule has 4 nitrogen and oxygen atoms in total. The average molecular weight is 208 g/mol. The largest absolute Gasteiger partial charge is 0.484 e. The second-order valence-electron chi connectivity index (χ2n) is 2.68. The number of hydrogen-bond acceptors (Lipinski definition) is 3. The highest BCUT2D eigenvalue weighted by atomic mass is 19.1. The van der Waals surface area contributed by atoms with E-state index in [1.807, 2.05) is 0 Å². The Kier molecular flexibility index (Phi) is 4.10. The van der Waals surface area contributed by atoms with Gasteiger partial charge >= 0.3 is 0 Å². The van der Waals surface area contributed by atoms with Crippen molar-refractivity contribution in [1.82, 2.24) is 5.32 Å². The molecule has 1 rings (SSSR count).